The summed E-state index contributed by atoms with van der Waals surface area (Å²) in [5, 5.41) is 10.3. The summed E-state index contributed by atoms with van der Waals surface area (Å²) < 4.78 is 26.6. The number of anilines is 1. The van der Waals surface area contributed by atoms with Crippen LogP contribution in [0.1, 0.15) is 22.2 Å². The first-order chi connectivity index (χ1) is 9.86. The van der Waals surface area contributed by atoms with Crippen LogP contribution in [0, 0.1) is 6.92 Å². The maximum Gasteiger partial charge on any atom is 0.345 e. The third-order valence-corrected chi connectivity index (χ3v) is 5.90. The third kappa shape index (κ3) is 3.08. The highest BCUT2D eigenvalue weighted by atomic mass is 32.2. The number of benzene rings is 1. The van der Waals surface area contributed by atoms with Crippen molar-refractivity contribution in [2.75, 3.05) is 10.8 Å². The predicted molar refractivity (Wildman–Crippen MR) is 82.7 cm³/mol. The summed E-state index contributed by atoms with van der Waals surface area (Å²) in [6.45, 7) is 3.89. The molecule has 0 amide bonds. The Morgan fingerprint density at radius 3 is 2.57 bits per heavy atom. The Morgan fingerprint density at radius 2 is 2.05 bits per heavy atom. The minimum atomic E-state index is -3.75. The van der Waals surface area contributed by atoms with E-state index in [-0.39, 0.29) is 16.3 Å². The molecule has 1 N–H and O–H groups in total. The van der Waals surface area contributed by atoms with Crippen LogP contribution in [0.15, 0.2) is 40.6 Å². The molecule has 0 spiro atoms. The summed E-state index contributed by atoms with van der Waals surface area (Å²) in [6.07, 6.45) is 0. The van der Waals surface area contributed by atoms with Gasteiger partial charge in [-0.3, -0.25) is 4.31 Å². The Morgan fingerprint density at radius 1 is 1.33 bits per heavy atom. The highest BCUT2D eigenvalue weighted by Crippen LogP contribution is 2.27. The molecule has 2 aromatic rings. The molecule has 0 aliphatic heterocycles. The van der Waals surface area contributed by atoms with E-state index < -0.39 is 16.0 Å². The van der Waals surface area contributed by atoms with Crippen molar-refractivity contribution in [3.8, 4) is 0 Å². The quantitative estimate of drug-likeness (QED) is 0.917. The Balaban J connectivity index is 2.46. The normalized spacial score (nSPS) is 11.3. The van der Waals surface area contributed by atoms with Crippen molar-refractivity contribution in [3.63, 3.8) is 0 Å². The number of aromatic carboxylic acids is 1. The molecule has 0 saturated heterocycles. The van der Waals surface area contributed by atoms with Gasteiger partial charge in [-0.2, -0.15) is 0 Å². The summed E-state index contributed by atoms with van der Waals surface area (Å²) in [5.41, 5.74) is 1.53. The van der Waals surface area contributed by atoms with Crippen LogP contribution in [-0.4, -0.2) is 26.0 Å². The SMILES string of the molecule is CCN(c1cccc(C)c1)S(=O)(=O)c1csc(C(=O)O)c1. The lowest BCUT2D eigenvalue weighted by Crippen LogP contribution is -2.30. The van der Waals surface area contributed by atoms with Crippen molar-refractivity contribution >= 4 is 33.0 Å². The van der Waals surface area contributed by atoms with Gasteiger partial charge in [-0.05, 0) is 37.6 Å². The lowest BCUT2D eigenvalue weighted by Gasteiger charge is -2.22. The number of carbonyl (C=O) groups is 1. The first kappa shape index (κ1) is 15.5. The summed E-state index contributed by atoms with van der Waals surface area (Å²) >= 11 is 0.905. The molecule has 1 aromatic heterocycles. The Kier molecular flexibility index (Phi) is 4.34. The zero-order valence-electron chi connectivity index (χ0n) is 11.6. The van der Waals surface area contributed by atoms with E-state index in [9.17, 15) is 13.2 Å². The Bertz CT molecular complexity index is 765. The van der Waals surface area contributed by atoms with Crippen LogP contribution in [0.5, 0.6) is 0 Å². The van der Waals surface area contributed by atoms with Crippen LogP contribution in [0.4, 0.5) is 5.69 Å². The van der Waals surface area contributed by atoms with Crippen LogP contribution < -0.4 is 4.31 Å². The molecular formula is C14H15NO4S2. The topological polar surface area (TPSA) is 74.7 Å². The molecule has 2 rings (SSSR count). The fourth-order valence-corrected chi connectivity index (χ4v) is 4.53. The number of nitrogens with zero attached hydrogens (tertiary/aromatic N) is 1. The van der Waals surface area contributed by atoms with Gasteiger partial charge >= 0.3 is 5.97 Å². The van der Waals surface area contributed by atoms with Crippen LogP contribution in [0.3, 0.4) is 0 Å². The molecule has 7 heteroatoms. The van der Waals surface area contributed by atoms with Crippen molar-refractivity contribution in [3.05, 3.63) is 46.2 Å². The maximum atomic E-state index is 12.7. The summed E-state index contributed by atoms with van der Waals surface area (Å²) in [6, 6.07) is 8.38. The second-order valence-electron chi connectivity index (χ2n) is 4.46. The molecule has 0 unspecified atom stereocenters. The maximum absolute atomic E-state index is 12.7. The van der Waals surface area contributed by atoms with Gasteiger partial charge in [0.1, 0.15) is 4.88 Å². The minimum Gasteiger partial charge on any atom is -0.477 e. The number of hydrogen-bond acceptors (Lipinski definition) is 4. The standard InChI is InChI=1S/C14H15NO4S2/c1-3-15(11-6-4-5-10(2)7-11)21(18,19)12-8-13(14(16)17)20-9-12/h4-9H,3H2,1-2H3,(H,16,17). The molecule has 0 saturated carbocycles. The van der Waals surface area contributed by atoms with Crippen LogP contribution in [0.25, 0.3) is 0 Å². The molecule has 0 aliphatic carbocycles. The van der Waals surface area contributed by atoms with E-state index in [1.165, 1.54) is 15.8 Å². The number of hydrogen-bond donors (Lipinski definition) is 1. The van der Waals surface area contributed by atoms with Gasteiger partial charge in [-0.25, -0.2) is 13.2 Å². The number of carboxylic acid groups (broad SMARTS) is 1. The molecule has 0 radical (unpaired) electrons. The van der Waals surface area contributed by atoms with Gasteiger partial charge in [0.2, 0.25) is 0 Å². The van der Waals surface area contributed by atoms with Gasteiger partial charge in [-0.15, -0.1) is 11.3 Å². The molecule has 112 valence electrons. The summed E-state index contributed by atoms with van der Waals surface area (Å²) in [7, 11) is -3.75. The number of carboxylic acids is 1. The Hall–Kier alpha value is -1.86. The number of thiophene rings is 1. The predicted octanol–water partition coefficient (Wildman–Crippen LogP) is 2.97. The second kappa shape index (κ2) is 5.87. The van der Waals surface area contributed by atoms with Crippen molar-refractivity contribution in [1.29, 1.82) is 0 Å². The average molecular weight is 325 g/mol. The fourth-order valence-electron chi connectivity index (χ4n) is 1.97. The first-order valence-corrected chi connectivity index (χ1v) is 8.59. The van der Waals surface area contributed by atoms with E-state index >= 15 is 0 Å². The lowest BCUT2D eigenvalue weighted by atomic mass is 10.2. The van der Waals surface area contributed by atoms with Gasteiger partial charge in [0, 0.05) is 11.9 Å². The van der Waals surface area contributed by atoms with Crippen molar-refractivity contribution in [2.24, 2.45) is 0 Å². The fraction of sp³-hybridized carbons (Fsp3) is 0.214. The highest BCUT2D eigenvalue weighted by molar-refractivity contribution is 7.93. The Labute approximate surface area is 127 Å². The van der Waals surface area contributed by atoms with Crippen molar-refractivity contribution in [2.45, 2.75) is 18.7 Å². The monoisotopic (exact) mass is 325 g/mol. The van der Waals surface area contributed by atoms with E-state index in [4.69, 9.17) is 5.11 Å². The van der Waals surface area contributed by atoms with Crippen LogP contribution in [0.2, 0.25) is 0 Å². The number of aryl methyl sites for hydroxylation is 1. The van der Waals surface area contributed by atoms with Crippen LogP contribution in [-0.2, 0) is 10.0 Å². The zero-order chi connectivity index (χ0) is 15.6. The summed E-state index contributed by atoms with van der Waals surface area (Å²) in [5.74, 6) is -1.12. The molecule has 0 bridgehead atoms. The third-order valence-electron chi connectivity index (χ3n) is 2.95. The molecule has 0 atom stereocenters. The van der Waals surface area contributed by atoms with E-state index in [0.717, 1.165) is 16.9 Å². The van der Waals surface area contributed by atoms with E-state index in [0.29, 0.717) is 5.69 Å². The van der Waals surface area contributed by atoms with Crippen LogP contribution >= 0.6 is 11.3 Å². The van der Waals surface area contributed by atoms with E-state index in [1.807, 2.05) is 13.0 Å². The van der Waals surface area contributed by atoms with E-state index in [1.54, 1.807) is 25.1 Å². The van der Waals surface area contributed by atoms with Gasteiger partial charge < -0.3 is 5.11 Å². The molecule has 0 aliphatic rings. The highest BCUT2D eigenvalue weighted by Gasteiger charge is 2.25. The molecular weight excluding hydrogens is 310 g/mol. The van der Waals surface area contributed by atoms with Gasteiger partial charge in [0.25, 0.3) is 10.0 Å². The smallest absolute Gasteiger partial charge is 0.345 e. The molecule has 0 fully saturated rings. The number of sulfonamides is 1. The van der Waals surface area contributed by atoms with Gasteiger partial charge in [0.05, 0.1) is 10.6 Å². The first-order valence-electron chi connectivity index (χ1n) is 6.27. The molecule has 1 aromatic carbocycles. The molecule has 5 nitrogen and oxygen atoms in total. The zero-order valence-corrected chi connectivity index (χ0v) is 13.2. The van der Waals surface area contributed by atoms with Gasteiger partial charge in [0.15, 0.2) is 0 Å². The minimum absolute atomic E-state index is 0.00764. The van der Waals surface area contributed by atoms with E-state index in [2.05, 4.69) is 0 Å². The molecule has 1 heterocycles. The lowest BCUT2D eigenvalue weighted by molar-refractivity contribution is 0.0702. The second-order valence-corrected chi connectivity index (χ2v) is 7.23. The van der Waals surface area contributed by atoms with Crippen molar-refractivity contribution < 1.29 is 18.3 Å². The van der Waals surface area contributed by atoms with Crippen molar-refractivity contribution in [1.82, 2.24) is 0 Å². The van der Waals surface area contributed by atoms with Gasteiger partial charge in [-0.1, -0.05) is 12.1 Å². The molecule has 21 heavy (non-hydrogen) atoms. The average Bonchev–Trinajstić information content (AvgIpc) is 2.89. The summed E-state index contributed by atoms with van der Waals surface area (Å²) in [4.78, 5) is 10.9. The largest absolute Gasteiger partial charge is 0.477 e. The number of rotatable bonds is 5.